The van der Waals surface area contributed by atoms with Crippen LogP contribution in [0.5, 0.6) is 0 Å². The standard InChI is InChI=1S/C7H12N2O2/c1-3-4-6(7(8)11)9-5(2)10/h3,6H,1,4H2,2H3,(H2,8,11)(H,9,10)/t6-/m0/s1. The summed E-state index contributed by atoms with van der Waals surface area (Å²) in [6, 6.07) is -0.620. The maximum absolute atomic E-state index is 10.6. The third-order valence-corrected chi connectivity index (χ3v) is 1.12. The Bertz CT molecular complexity index is 177. The zero-order chi connectivity index (χ0) is 8.85. The Morgan fingerprint density at radius 3 is 2.55 bits per heavy atom. The summed E-state index contributed by atoms with van der Waals surface area (Å²) < 4.78 is 0. The lowest BCUT2D eigenvalue weighted by atomic mass is 10.2. The van der Waals surface area contributed by atoms with Crippen molar-refractivity contribution >= 4 is 11.8 Å². The van der Waals surface area contributed by atoms with Crippen LogP contribution in [0.15, 0.2) is 12.7 Å². The second kappa shape index (κ2) is 4.49. The molecule has 0 rings (SSSR count). The van der Waals surface area contributed by atoms with Gasteiger partial charge >= 0.3 is 0 Å². The van der Waals surface area contributed by atoms with Gasteiger partial charge in [-0.2, -0.15) is 0 Å². The van der Waals surface area contributed by atoms with Gasteiger partial charge in [-0.25, -0.2) is 0 Å². The monoisotopic (exact) mass is 156 g/mol. The van der Waals surface area contributed by atoms with Crippen LogP contribution in [-0.4, -0.2) is 17.9 Å². The van der Waals surface area contributed by atoms with Crippen molar-refractivity contribution in [3.8, 4) is 0 Å². The van der Waals surface area contributed by atoms with Gasteiger partial charge in [-0.15, -0.1) is 6.58 Å². The van der Waals surface area contributed by atoms with Crippen LogP contribution in [0, 0.1) is 0 Å². The van der Waals surface area contributed by atoms with Crippen LogP contribution >= 0.6 is 0 Å². The molecule has 0 aromatic heterocycles. The molecule has 0 bridgehead atoms. The first kappa shape index (κ1) is 9.68. The fraction of sp³-hybridized carbons (Fsp3) is 0.429. The summed E-state index contributed by atoms with van der Waals surface area (Å²) in [6.45, 7) is 4.76. The van der Waals surface area contributed by atoms with Crippen molar-refractivity contribution in [2.45, 2.75) is 19.4 Å². The van der Waals surface area contributed by atoms with E-state index in [9.17, 15) is 9.59 Å². The molecular formula is C7H12N2O2. The van der Waals surface area contributed by atoms with E-state index in [0.717, 1.165) is 0 Å². The summed E-state index contributed by atoms with van der Waals surface area (Å²) >= 11 is 0. The van der Waals surface area contributed by atoms with E-state index in [1.54, 1.807) is 0 Å². The first-order chi connectivity index (χ1) is 5.07. The molecule has 0 aliphatic heterocycles. The molecule has 11 heavy (non-hydrogen) atoms. The van der Waals surface area contributed by atoms with Gasteiger partial charge in [0, 0.05) is 6.92 Å². The van der Waals surface area contributed by atoms with E-state index >= 15 is 0 Å². The minimum Gasteiger partial charge on any atom is -0.368 e. The Kier molecular flexibility index (Phi) is 3.95. The predicted molar refractivity (Wildman–Crippen MR) is 41.6 cm³/mol. The number of hydrogen-bond donors (Lipinski definition) is 2. The summed E-state index contributed by atoms with van der Waals surface area (Å²) in [6.07, 6.45) is 1.90. The Hall–Kier alpha value is -1.32. The van der Waals surface area contributed by atoms with Crippen LogP contribution in [0.4, 0.5) is 0 Å². The van der Waals surface area contributed by atoms with Gasteiger partial charge in [-0.05, 0) is 6.42 Å². The highest BCUT2D eigenvalue weighted by Gasteiger charge is 2.13. The minimum absolute atomic E-state index is 0.268. The molecule has 0 radical (unpaired) electrons. The van der Waals surface area contributed by atoms with E-state index in [-0.39, 0.29) is 5.91 Å². The van der Waals surface area contributed by atoms with Crippen molar-refractivity contribution in [2.75, 3.05) is 0 Å². The molecule has 62 valence electrons. The number of nitrogens with two attached hydrogens (primary N) is 1. The van der Waals surface area contributed by atoms with E-state index in [2.05, 4.69) is 11.9 Å². The lowest BCUT2D eigenvalue weighted by Crippen LogP contribution is -2.43. The summed E-state index contributed by atoms with van der Waals surface area (Å²) in [5.74, 6) is -0.809. The Labute approximate surface area is 65.5 Å². The van der Waals surface area contributed by atoms with E-state index in [1.165, 1.54) is 13.0 Å². The first-order valence-corrected chi connectivity index (χ1v) is 3.25. The Balaban J connectivity index is 3.99. The highest BCUT2D eigenvalue weighted by atomic mass is 16.2. The zero-order valence-corrected chi connectivity index (χ0v) is 6.46. The fourth-order valence-corrected chi connectivity index (χ4v) is 0.658. The smallest absolute Gasteiger partial charge is 0.240 e. The van der Waals surface area contributed by atoms with Gasteiger partial charge in [0.15, 0.2) is 0 Å². The quantitative estimate of drug-likeness (QED) is 0.541. The molecule has 2 amide bonds. The maximum Gasteiger partial charge on any atom is 0.240 e. The van der Waals surface area contributed by atoms with Crippen LogP contribution < -0.4 is 11.1 Å². The SMILES string of the molecule is C=CC[C@H](NC(C)=O)C(N)=O. The van der Waals surface area contributed by atoms with Gasteiger partial charge in [-0.3, -0.25) is 9.59 Å². The summed E-state index contributed by atoms with van der Waals surface area (Å²) in [5, 5.41) is 2.40. The van der Waals surface area contributed by atoms with Gasteiger partial charge in [0.1, 0.15) is 6.04 Å². The molecule has 4 nitrogen and oxygen atoms in total. The third kappa shape index (κ3) is 4.13. The van der Waals surface area contributed by atoms with Crippen LogP contribution in [0.2, 0.25) is 0 Å². The van der Waals surface area contributed by atoms with Gasteiger partial charge < -0.3 is 11.1 Å². The molecule has 0 aliphatic carbocycles. The highest BCUT2D eigenvalue weighted by Crippen LogP contribution is 1.90. The molecule has 0 spiro atoms. The van der Waals surface area contributed by atoms with Crippen LogP contribution in [0.1, 0.15) is 13.3 Å². The molecular weight excluding hydrogens is 144 g/mol. The maximum atomic E-state index is 10.6. The van der Waals surface area contributed by atoms with Crippen LogP contribution in [0.25, 0.3) is 0 Å². The summed E-state index contributed by atoms with van der Waals surface area (Å²) in [7, 11) is 0. The van der Waals surface area contributed by atoms with E-state index in [4.69, 9.17) is 5.73 Å². The first-order valence-electron chi connectivity index (χ1n) is 3.25. The molecule has 0 aromatic carbocycles. The summed E-state index contributed by atoms with van der Waals surface area (Å²) in [4.78, 5) is 21.1. The highest BCUT2D eigenvalue weighted by molar-refractivity contribution is 5.85. The van der Waals surface area contributed by atoms with Gasteiger partial charge in [-0.1, -0.05) is 6.08 Å². The van der Waals surface area contributed by atoms with Crippen molar-refractivity contribution in [3.05, 3.63) is 12.7 Å². The van der Waals surface area contributed by atoms with Gasteiger partial charge in [0.25, 0.3) is 0 Å². The van der Waals surface area contributed by atoms with Gasteiger partial charge in [0.2, 0.25) is 11.8 Å². The molecule has 0 saturated carbocycles. The average Bonchev–Trinajstić information content (AvgIpc) is 1.86. The fourth-order valence-electron chi connectivity index (χ4n) is 0.658. The number of rotatable bonds is 4. The lowest BCUT2D eigenvalue weighted by Gasteiger charge is -2.10. The minimum atomic E-state index is -0.620. The van der Waals surface area contributed by atoms with Crippen molar-refractivity contribution in [3.63, 3.8) is 0 Å². The molecule has 1 atom stereocenters. The molecule has 0 aromatic rings. The number of nitrogens with one attached hydrogen (secondary N) is 1. The largest absolute Gasteiger partial charge is 0.368 e. The number of hydrogen-bond acceptors (Lipinski definition) is 2. The van der Waals surface area contributed by atoms with Crippen LogP contribution in [0.3, 0.4) is 0 Å². The zero-order valence-electron chi connectivity index (χ0n) is 6.46. The number of amides is 2. The van der Waals surface area contributed by atoms with Crippen molar-refractivity contribution in [2.24, 2.45) is 5.73 Å². The Morgan fingerprint density at radius 2 is 2.27 bits per heavy atom. The van der Waals surface area contributed by atoms with Crippen molar-refractivity contribution < 1.29 is 9.59 Å². The van der Waals surface area contributed by atoms with Gasteiger partial charge in [0.05, 0.1) is 0 Å². The predicted octanol–water partition coefficient (Wildman–Crippen LogP) is -0.448. The van der Waals surface area contributed by atoms with Crippen molar-refractivity contribution in [1.82, 2.24) is 5.32 Å². The van der Waals surface area contributed by atoms with E-state index in [1.807, 2.05) is 0 Å². The molecule has 4 heteroatoms. The average molecular weight is 156 g/mol. The number of carbonyl (C=O) groups excluding carboxylic acids is 2. The number of primary amides is 1. The molecule has 0 aliphatic rings. The second-order valence-electron chi connectivity index (χ2n) is 2.18. The van der Waals surface area contributed by atoms with Crippen LogP contribution in [-0.2, 0) is 9.59 Å². The Morgan fingerprint density at radius 1 is 1.73 bits per heavy atom. The third-order valence-electron chi connectivity index (χ3n) is 1.12. The second-order valence-corrected chi connectivity index (χ2v) is 2.18. The normalized spacial score (nSPS) is 11.7. The van der Waals surface area contributed by atoms with E-state index < -0.39 is 11.9 Å². The molecule has 0 fully saturated rings. The molecule has 0 heterocycles. The number of carbonyl (C=O) groups is 2. The molecule has 0 unspecified atom stereocenters. The molecule has 0 saturated heterocycles. The topological polar surface area (TPSA) is 72.2 Å². The van der Waals surface area contributed by atoms with E-state index in [0.29, 0.717) is 6.42 Å². The molecule has 3 N–H and O–H groups in total. The lowest BCUT2D eigenvalue weighted by molar-refractivity contribution is -0.126. The van der Waals surface area contributed by atoms with Crippen molar-refractivity contribution in [1.29, 1.82) is 0 Å². The summed E-state index contributed by atoms with van der Waals surface area (Å²) in [5.41, 5.74) is 4.97.